The lowest BCUT2D eigenvalue weighted by Crippen LogP contribution is -2.80. The van der Waals surface area contributed by atoms with Crippen LogP contribution in [0.15, 0.2) is 0 Å². The lowest BCUT2D eigenvalue weighted by molar-refractivity contribution is -0.198. The summed E-state index contributed by atoms with van der Waals surface area (Å²) in [6, 6.07) is 0. The van der Waals surface area contributed by atoms with Crippen LogP contribution >= 0.6 is 69.6 Å². The van der Waals surface area contributed by atoms with Gasteiger partial charge in [0.25, 0.3) is 30.8 Å². The fourth-order valence-electron chi connectivity index (χ4n) is 1.18. The molecular weight excluding hydrogens is 399 g/mol. The van der Waals surface area contributed by atoms with Crippen LogP contribution in [-0.2, 0) is 0 Å². The van der Waals surface area contributed by atoms with Gasteiger partial charge in [0.05, 0.1) is 0 Å². The molecule has 0 aromatic heterocycles. The molecule has 0 saturated heterocycles. The molecule has 0 unspecified atom stereocenters. The molecule has 0 N–H and O–H groups in total. The van der Waals surface area contributed by atoms with Gasteiger partial charge in [-0.05, 0) is 0 Å². The maximum Gasteiger partial charge on any atom is 0.288 e. The average molecular weight is 399 g/mol. The van der Waals surface area contributed by atoms with Gasteiger partial charge in [-0.15, -0.1) is 0 Å². The summed E-state index contributed by atoms with van der Waals surface area (Å²) in [5.74, 6) is 0. The van der Waals surface area contributed by atoms with Crippen LogP contribution in [0.5, 0.6) is 0 Å². The molecule has 1 rings (SSSR count). The molecule has 0 aromatic carbocycles. The van der Waals surface area contributed by atoms with Crippen LogP contribution in [0.4, 0.5) is 26.3 Å². The molecule has 1 aliphatic rings. The number of rotatable bonds is 0. The van der Waals surface area contributed by atoms with Gasteiger partial charge in [0.1, 0.15) is 0 Å². The van der Waals surface area contributed by atoms with Crippen molar-refractivity contribution in [3.8, 4) is 0 Å². The van der Waals surface area contributed by atoms with Gasteiger partial charge >= 0.3 is 0 Å². The molecule has 0 aromatic rings. The highest BCUT2D eigenvalue weighted by Crippen LogP contribution is 2.73. The molecule has 0 spiro atoms. The Labute approximate surface area is 126 Å². The summed E-state index contributed by atoms with van der Waals surface area (Å²) in [6.07, 6.45) is 0. The van der Waals surface area contributed by atoms with Crippen molar-refractivity contribution < 1.29 is 26.3 Å². The lowest BCUT2D eigenvalue weighted by Gasteiger charge is -2.54. The van der Waals surface area contributed by atoms with Crippen molar-refractivity contribution in [1.29, 1.82) is 0 Å². The third-order valence-electron chi connectivity index (χ3n) is 2.37. The Morgan fingerprint density at radius 2 is 0.389 bits per heavy atom. The van der Waals surface area contributed by atoms with Gasteiger partial charge in [-0.25, -0.2) is 26.3 Å². The summed E-state index contributed by atoms with van der Waals surface area (Å²) < 4.78 is 81.8. The zero-order valence-corrected chi connectivity index (χ0v) is 12.1. The van der Waals surface area contributed by atoms with Crippen molar-refractivity contribution in [3.63, 3.8) is 0 Å². The van der Waals surface area contributed by atoms with Gasteiger partial charge in [-0.1, -0.05) is 69.6 Å². The van der Waals surface area contributed by atoms with E-state index >= 15 is 0 Å². The zero-order chi connectivity index (χ0) is 15.0. The molecule has 108 valence electrons. The van der Waals surface area contributed by atoms with Gasteiger partial charge in [0.15, 0.2) is 0 Å². The van der Waals surface area contributed by atoms with E-state index in [-0.39, 0.29) is 0 Å². The number of halogens is 12. The number of hydrogen-bond acceptors (Lipinski definition) is 0. The van der Waals surface area contributed by atoms with Crippen molar-refractivity contribution in [3.05, 3.63) is 0 Å². The second-order valence-corrected chi connectivity index (χ2v) is 6.57. The molecule has 0 radical (unpaired) electrons. The van der Waals surface area contributed by atoms with Crippen molar-refractivity contribution in [2.45, 2.75) is 30.8 Å². The lowest BCUT2D eigenvalue weighted by atomic mass is 9.86. The normalized spacial score (nSPS) is 66.0. The van der Waals surface area contributed by atoms with E-state index in [9.17, 15) is 26.3 Å². The molecule has 1 aliphatic carbocycles. The van der Waals surface area contributed by atoms with E-state index in [4.69, 9.17) is 0 Å². The summed E-state index contributed by atoms with van der Waals surface area (Å²) in [5.41, 5.74) is 0. The van der Waals surface area contributed by atoms with E-state index in [2.05, 4.69) is 69.6 Å². The smallest absolute Gasteiger partial charge is 0.216 e. The molecule has 1 saturated carbocycles. The maximum absolute atomic E-state index is 13.6. The third-order valence-corrected chi connectivity index (χ3v) is 6.07. The molecule has 12 heteroatoms. The maximum atomic E-state index is 13.6. The third kappa shape index (κ3) is 1.51. The van der Waals surface area contributed by atoms with Crippen LogP contribution in [0.3, 0.4) is 0 Å². The Morgan fingerprint density at radius 3 is 0.444 bits per heavy atom. The van der Waals surface area contributed by atoms with Gasteiger partial charge in [0.2, 0.25) is 0 Å². The van der Waals surface area contributed by atoms with Crippen LogP contribution in [-0.4, -0.2) is 30.8 Å². The molecule has 0 atom stereocenters. The molecule has 18 heavy (non-hydrogen) atoms. The van der Waals surface area contributed by atoms with E-state index < -0.39 is 30.8 Å². The molecule has 0 bridgehead atoms. The summed E-state index contributed by atoms with van der Waals surface area (Å²) in [4.78, 5) is 0. The molecule has 1 fully saturated rings. The summed E-state index contributed by atoms with van der Waals surface area (Å²) >= 11 is 27.6. The topological polar surface area (TPSA) is 0 Å². The van der Waals surface area contributed by atoms with E-state index in [1.165, 1.54) is 0 Å². The molecule has 0 heterocycles. The first-order valence-electron chi connectivity index (χ1n) is 3.77. The number of hydrogen-bond donors (Lipinski definition) is 0. The SMILES string of the molecule is FC1(Cl)C(F)(Cl)C(F)(Cl)C(F)(Cl)C(F)(Cl)C1(F)Cl. The standard InChI is InChI=1S/C6Cl6F6/c7-1(13)2(8,14)4(10,16)6(12,18)5(11,17)3(1,9)15. The van der Waals surface area contributed by atoms with Crippen LogP contribution in [0, 0.1) is 0 Å². The Kier molecular flexibility index (Phi) is 3.81. The first-order valence-corrected chi connectivity index (χ1v) is 6.04. The first kappa shape index (κ1) is 17.4. The predicted octanol–water partition coefficient (Wildman–Crippen LogP) is 5.43. The summed E-state index contributed by atoms with van der Waals surface area (Å²) in [5, 5.41) is -29.2. The van der Waals surface area contributed by atoms with Gasteiger partial charge < -0.3 is 0 Å². The van der Waals surface area contributed by atoms with E-state index in [1.54, 1.807) is 0 Å². The second kappa shape index (κ2) is 3.95. The quantitative estimate of drug-likeness (QED) is 0.377. The Morgan fingerprint density at radius 1 is 0.333 bits per heavy atom. The van der Waals surface area contributed by atoms with E-state index in [1.807, 2.05) is 0 Å². The molecule has 0 amide bonds. The van der Waals surface area contributed by atoms with Crippen LogP contribution < -0.4 is 0 Å². The molecule has 0 aliphatic heterocycles. The highest BCUT2D eigenvalue weighted by atomic mass is 35.5. The van der Waals surface area contributed by atoms with Crippen LogP contribution in [0.1, 0.15) is 0 Å². The largest absolute Gasteiger partial charge is 0.288 e. The Hall–Kier alpha value is 1.32. The van der Waals surface area contributed by atoms with Crippen molar-refractivity contribution in [2.24, 2.45) is 0 Å². The summed E-state index contributed by atoms with van der Waals surface area (Å²) in [6.45, 7) is 0. The minimum Gasteiger partial charge on any atom is -0.216 e. The minimum absolute atomic E-state index is 4.60. The molecule has 0 nitrogen and oxygen atoms in total. The van der Waals surface area contributed by atoms with Crippen molar-refractivity contribution >= 4 is 69.6 Å². The van der Waals surface area contributed by atoms with Crippen molar-refractivity contribution in [1.82, 2.24) is 0 Å². The highest BCUT2D eigenvalue weighted by Gasteiger charge is 2.95. The summed E-state index contributed by atoms with van der Waals surface area (Å²) in [7, 11) is 0. The first-order chi connectivity index (χ1) is 7.50. The number of alkyl halides is 12. The van der Waals surface area contributed by atoms with Gasteiger partial charge in [0, 0.05) is 0 Å². The van der Waals surface area contributed by atoms with Crippen LogP contribution in [0.2, 0.25) is 0 Å². The fraction of sp³-hybridized carbons (Fsp3) is 1.00. The minimum atomic E-state index is -4.87. The van der Waals surface area contributed by atoms with Crippen LogP contribution in [0.25, 0.3) is 0 Å². The van der Waals surface area contributed by atoms with Gasteiger partial charge in [-0.3, -0.25) is 0 Å². The second-order valence-electron chi connectivity index (χ2n) is 3.45. The average Bonchev–Trinajstić information content (AvgIpc) is 2.14. The van der Waals surface area contributed by atoms with E-state index in [0.29, 0.717) is 0 Å². The molecular formula is C6Cl6F6. The zero-order valence-electron chi connectivity index (χ0n) is 7.54. The van der Waals surface area contributed by atoms with Crippen molar-refractivity contribution in [2.75, 3.05) is 0 Å². The van der Waals surface area contributed by atoms with E-state index in [0.717, 1.165) is 0 Å². The predicted molar refractivity (Wildman–Crippen MR) is 58.2 cm³/mol. The van der Waals surface area contributed by atoms with Gasteiger partial charge in [-0.2, -0.15) is 0 Å². The highest BCUT2D eigenvalue weighted by molar-refractivity contribution is 6.50. The Balaban J connectivity index is 3.72. The monoisotopic (exact) mass is 396 g/mol. The Bertz CT molecular complexity index is 260. The fourth-order valence-corrected chi connectivity index (χ4v) is 3.04.